The van der Waals surface area contributed by atoms with Crippen LogP contribution in [0.4, 0.5) is 0 Å². The molecule has 0 aliphatic rings. The molecule has 4 heteroatoms. The molecule has 98 valence electrons. The van der Waals surface area contributed by atoms with E-state index in [4.69, 9.17) is 5.11 Å². The number of carbonyl (C=O) groups excluding carboxylic acids is 1. The van der Waals surface area contributed by atoms with E-state index < -0.39 is 12.0 Å². The number of nitrogens with one attached hydrogen (secondary N) is 1. The lowest BCUT2D eigenvalue weighted by atomic mass is 10.1. The molecule has 1 unspecified atom stereocenters. The van der Waals surface area contributed by atoms with Gasteiger partial charge >= 0.3 is 5.97 Å². The predicted octanol–water partition coefficient (Wildman–Crippen LogP) is 1.91. The number of carbonyl (C=O) groups is 2. The Morgan fingerprint density at radius 1 is 1.39 bits per heavy atom. The third-order valence-electron chi connectivity index (χ3n) is 2.66. The third-order valence-corrected chi connectivity index (χ3v) is 2.66. The van der Waals surface area contributed by atoms with Crippen molar-refractivity contribution in [2.45, 2.75) is 39.2 Å². The normalized spacial score (nSPS) is 11.9. The topological polar surface area (TPSA) is 66.4 Å². The number of carboxylic acid groups (broad SMARTS) is 1. The summed E-state index contributed by atoms with van der Waals surface area (Å²) in [6, 6.07) is 6.85. The van der Waals surface area contributed by atoms with Crippen molar-refractivity contribution in [1.82, 2.24) is 5.32 Å². The highest BCUT2D eigenvalue weighted by Gasteiger charge is 2.18. The first-order valence-corrected chi connectivity index (χ1v) is 6.10. The van der Waals surface area contributed by atoms with Gasteiger partial charge in [-0.2, -0.15) is 0 Å². The number of aliphatic carboxylic acids is 1. The van der Waals surface area contributed by atoms with Crippen LogP contribution in [0.3, 0.4) is 0 Å². The Kier molecular flexibility index (Phi) is 5.36. The van der Waals surface area contributed by atoms with Gasteiger partial charge in [-0.15, -0.1) is 0 Å². The molecule has 18 heavy (non-hydrogen) atoms. The third kappa shape index (κ3) is 4.57. The fourth-order valence-corrected chi connectivity index (χ4v) is 1.80. The van der Waals surface area contributed by atoms with E-state index in [2.05, 4.69) is 5.32 Å². The van der Waals surface area contributed by atoms with Crippen LogP contribution >= 0.6 is 0 Å². The highest BCUT2D eigenvalue weighted by atomic mass is 16.4. The fraction of sp³-hybridized carbons (Fsp3) is 0.429. The molecule has 1 atom stereocenters. The molecule has 2 N–H and O–H groups in total. The molecular formula is C14H19NO3. The minimum Gasteiger partial charge on any atom is -0.480 e. The maximum atomic E-state index is 11.7. The molecule has 1 aromatic carbocycles. The lowest BCUT2D eigenvalue weighted by Gasteiger charge is -2.13. The summed E-state index contributed by atoms with van der Waals surface area (Å²) in [5.74, 6) is -1.23. The zero-order chi connectivity index (χ0) is 13.5. The van der Waals surface area contributed by atoms with E-state index in [1.807, 2.05) is 38.1 Å². The highest BCUT2D eigenvalue weighted by Crippen LogP contribution is 2.05. The van der Waals surface area contributed by atoms with Crippen LogP contribution in [0.5, 0.6) is 0 Å². The Morgan fingerprint density at radius 3 is 2.67 bits per heavy atom. The summed E-state index contributed by atoms with van der Waals surface area (Å²) in [5, 5.41) is 11.5. The minimum atomic E-state index is -0.977. The van der Waals surface area contributed by atoms with Crippen LogP contribution in [0.1, 0.15) is 30.9 Å². The second-order valence-corrected chi connectivity index (χ2v) is 4.41. The van der Waals surface area contributed by atoms with Crippen LogP contribution in [0, 0.1) is 6.92 Å². The number of carboxylic acids is 1. The van der Waals surface area contributed by atoms with E-state index in [1.165, 1.54) is 0 Å². The second-order valence-electron chi connectivity index (χ2n) is 4.41. The van der Waals surface area contributed by atoms with Gasteiger partial charge in [0.2, 0.25) is 5.91 Å². The van der Waals surface area contributed by atoms with E-state index in [9.17, 15) is 9.59 Å². The van der Waals surface area contributed by atoms with Crippen LogP contribution in [0.15, 0.2) is 24.3 Å². The molecule has 4 nitrogen and oxygen atoms in total. The van der Waals surface area contributed by atoms with Crippen LogP contribution < -0.4 is 5.32 Å². The zero-order valence-corrected chi connectivity index (χ0v) is 10.8. The molecule has 1 rings (SSSR count). The number of hydrogen-bond donors (Lipinski definition) is 2. The number of hydrogen-bond acceptors (Lipinski definition) is 2. The maximum Gasteiger partial charge on any atom is 0.326 e. The minimum absolute atomic E-state index is 0.217. The molecule has 0 heterocycles. The van der Waals surface area contributed by atoms with E-state index >= 15 is 0 Å². The van der Waals surface area contributed by atoms with Crippen molar-refractivity contribution < 1.29 is 14.7 Å². The Bertz CT molecular complexity index is 429. The Balaban J connectivity index is 2.57. The summed E-state index contributed by atoms with van der Waals surface area (Å²) in [4.78, 5) is 22.7. The van der Waals surface area contributed by atoms with Gasteiger partial charge in [-0.1, -0.05) is 43.2 Å². The van der Waals surface area contributed by atoms with Crippen LogP contribution in [0.25, 0.3) is 0 Å². The van der Waals surface area contributed by atoms with Crippen molar-refractivity contribution >= 4 is 11.9 Å². The number of aryl methyl sites for hydroxylation is 1. The van der Waals surface area contributed by atoms with E-state index in [0.717, 1.165) is 17.5 Å². The predicted molar refractivity (Wildman–Crippen MR) is 69.4 cm³/mol. The van der Waals surface area contributed by atoms with Crippen molar-refractivity contribution in [3.63, 3.8) is 0 Å². The lowest BCUT2D eigenvalue weighted by Crippen LogP contribution is -2.41. The average molecular weight is 249 g/mol. The Labute approximate surface area is 107 Å². The van der Waals surface area contributed by atoms with Gasteiger partial charge in [0.25, 0.3) is 0 Å². The molecule has 1 amide bonds. The van der Waals surface area contributed by atoms with Gasteiger partial charge in [0.05, 0.1) is 6.42 Å². The monoisotopic (exact) mass is 249 g/mol. The van der Waals surface area contributed by atoms with Crippen LogP contribution in [-0.4, -0.2) is 23.0 Å². The molecule has 0 aliphatic carbocycles. The average Bonchev–Trinajstić information content (AvgIpc) is 2.28. The van der Waals surface area contributed by atoms with Crippen molar-refractivity contribution in [3.05, 3.63) is 35.4 Å². The SMILES string of the molecule is CCCC(NC(=O)Cc1cccc(C)c1)C(=O)O. The smallest absolute Gasteiger partial charge is 0.326 e. The maximum absolute atomic E-state index is 11.7. The van der Waals surface area contributed by atoms with Gasteiger partial charge in [-0.25, -0.2) is 4.79 Å². The van der Waals surface area contributed by atoms with Gasteiger partial charge in [0.1, 0.15) is 6.04 Å². The first-order valence-electron chi connectivity index (χ1n) is 6.10. The molecule has 1 aromatic rings. The molecule has 0 saturated heterocycles. The van der Waals surface area contributed by atoms with Crippen LogP contribution in [-0.2, 0) is 16.0 Å². The van der Waals surface area contributed by atoms with E-state index in [-0.39, 0.29) is 12.3 Å². The number of rotatable bonds is 6. The summed E-state index contributed by atoms with van der Waals surface area (Å²) in [5.41, 5.74) is 1.98. The second kappa shape index (κ2) is 6.79. The van der Waals surface area contributed by atoms with Crippen molar-refractivity contribution in [1.29, 1.82) is 0 Å². The van der Waals surface area contributed by atoms with Gasteiger partial charge < -0.3 is 10.4 Å². The molecular weight excluding hydrogens is 230 g/mol. The summed E-state index contributed by atoms with van der Waals surface area (Å²) >= 11 is 0. The molecule has 0 aliphatic heterocycles. The first kappa shape index (κ1) is 14.2. The van der Waals surface area contributed by atoms with Crippen LogP contribution in [0.2, 0.25) is 0 Å². The Morgan fingerprint density at radius 2 is 2.11 bits per heavy atom. The molecule has 0 radical (unpaired) electrons. The number of amides is 1. The van der Waals surface area contributed by atoms with E-state index in [0.29, 0.717) is 6.42 Å². The molecule has 0 spiro atoms. The summed E-state index contributed by atoms with van der Waals surface area (Å²) in [7, 11) is 0. The Hall–Kier alpha value is -1.84. The summed E-state index contributed by atoms with van der Waals surface area (Å²) < 4.78 is 0. The van der Waals surface area contributed by atoms with Crippen molar-refractivity contribution in [2.75, 3.05) is 0 Å². The van der Waals surface area contributed by atoms with Gasteiger partial charge in [0.15, 0.2) is 0 Å². The quantitative estimate of drug-likeness (QED) is 0.809. The fourth-order valence-electron chi connectivity index (χ4n) is 1.80. The van der Waals surface area contributed by atoms with Gasteiger partial charge in [0, 0.05) is 0 Å². The molecule has 0 bridgehead atoms. The number of benzene rings is 1. The summed E-state index contributed by atoms with van der Waals surface area (Å²) in [6.45, 7) is 3.85. The lowest BCUT2D eigenvalue weighted by molar-refractivity contribution is -0.141. The standard InChI is InChI=1S/C14H19NO3/c1-3-5-12(14(17)18)15-13(16)9-11-7-4-6-10(2)8-11/h4,6-8,12H,3,5,9H2,1-2H3,(H,15,16)(H,17,18). The summed E-state index contributed by atoms with van der Waals surface area (Å²) in [6.07, 6.45) is 1.39. The van der Waals surface area contributed by atoms with E-state index in [1.54, 1.807) is 0 Å². The first-order chi connectivity index (χ1) is 8.52. The van der Waals surface area contributed by atoms with Gasteiger partial charge in [-0.05, 0) is 18.9 Å². The van der Waals surface area contributed by atoms with Gasteiger partial charge in [-0.3, -0.25) is 4.79 Å². The molecule has 0 aromatic heterocycles. The van der Waals surface area contributed by atoms with Crippen molar-refractivity contribution in [3.8, 4) is 0 Å². The highest BCUT2D eigenvalue weighted by molar-refractivity contribution is 5.84. The van der Waals surface area contributed by atoms with Crippen molar-refractivity contribution in [2.24, 2.45) is 0 Å². The molecule has 0 fully saturated rings. The molecule has 0 saturated carbocycles. The largest absolute Gasteiger partial charge is 0.480 e. The zero-order valence-electron chi connectivity index (χ0n) is 10.8.